The highest BCUT2D eigenvalue weighted by molar-refractivity contribution is 7.89. The van der Waals surface area contributed by atoms with E-state index in [1.54, 1.807) is 20.8 Å². The van der Waals surface area contributed by atoms with Gasteiger partial charge in [0, 0.05) is 6.42 Å². The molecule has 0 bridgehead atoms. The van der Waals surface area contributed by atoms with Crippen molar-refractivity contribution >= 4 is 22.0 Å². The Morgan fingerprint density at radius 2 is 1.84 bits per heavy atom. The predicted octanol–water partition coefficient (Wildman–Crippen LogP) is 0.501. The molecular weight excluding hydrogens is 274 g/mol. The van der Waals surface area contributed by atoms with E-state index in [1.165, 1.54) is 6.92 Å². The molecule has 7 nitrogen and oxygen atoms in total. The maximum absolute atomic E-state index is 11.4. The zero-order valence-electron chi connectivity index (χ0n) is 11.6. The number of aliphatic carboxylic acids is 1. The van der Waals surface area contributed by atoms with Crippen LogP contribution in [0.25, 0.3) is 0 Å². The molecular formula is C11H21NO6S. The summed E-state index contributed by atoms with van der Waals surface area (Å²) >= 11 is 0. The number of rotatable bonds is 7. The fraction of sp³-hybridized carbons (Fsp3) is 0.818. The van der Waals surface area contributed by atoms with Gasteiger partial charge >= 0.3 is 11.9 Å². The summed E-state index contributed by atoms with van der Waals surface area (Å²) in [7, 11) is -3.63. The van der Waals surface area contributed by atoms with Crippen LogP contribution in [0.15, 0.2) is 0 Å². The summed E-state index contributed by atoms with van der Waals surface area (Å²) < 4.78 is 29.6. The quantitative estimate of drug-likeness (QED) is 0.662. The van der Waals surface area contributed by atoms with Crippen LogP contribution in [0.5, 0.6) is 0 Å². The van der Waals surface area contributed by atoms with Crippen molar-refractivity contribution in [2.75, 3.05) is 5.75 Å². The third kappa shape index (κ3) is 8.55. The SMILES string of the molecule is CCS(=O)(=O)N[C@H](CCC(=O)OC(C)(C)C)C(=O)O. The lowest BCUT2D eigenvalue weighted by molar-refractivity contribution is -0.155. The first-order valence-corrected chi connectivity index (χ1v) is 7.56. The molecule has 0 saturated heterocycles. The van der Waals surface area contributed by atoms with Gasteiger partial charge in [0.05, 0.1) is 5.75 Å². The van der Waals surface area contributed by atoms with Gasteiger partial charge in [-0.05, 0) is 34.1 Å². The zero-order valence-corrected chi connectivity index (χ0v) is 12.4. The molecule has 0 rings (SSSR count). The molecule has 112 valence electrons. The fourth-order valence-corrected chi connectivity index (χ4v) is 2.01. The number of carbonyl (C=O) groups excluding carboxylic acids is 1. The molecule has 8 heteroatoms. The van der Waals surface area contributed by atoms with Crippen molar-refractivity contribution in [3.8, 4) is 0 Å². The number of esters is 1. The molecule has 0 aliphatic rings. The van der Waals surface area contributed by atoms with Crippen LogP contribution in [0, 0.1) is 0 Å². The van der Waals surface area contributed by atoms with Crippen molar-refractivity contribution < 1.29 is 27.9 Å². The molecule has 0 radical (unpaired) electrons. The maximum atomic E-state index is 11.4. The van der Waals surface area contributed by atoms with Crippen LogP contribution in [-0.2, 0) is 24.3 Å². The average Bonchev–Trinajstić information content (AvgIpc) is 2.21. The normalized spacial score (nSPS) is 13.9. The molecule has 0 fully saturated rings. The molecule has 0 aromatic rings. The van der Waals surface area contributed by atoms with Gasteiger partial charge in [-0.3, -0.25) is 9.59 Å². The van der Waals surface area contributed by atoms with Gasteiger partial charge in [0.1, 0.15) is 11.6 Å². The van der Waals surface area contributed by atoms with E-state index in [9.17, 15) is 18.0 Å². The molecule has 19 heavy (non-hydrogen) atoms. The van der Waals surface area contributed by atoms with Gasteiger partial charge < -0.3 is 9.84 Å². The Morgan fingerprint density at radius 1 is 1.32 bits per heavy atom. The van der Waals surface area contributed by atoms with E-state index in [0.29, 0.717) is 0 Å². The Morgan fingerprint density at radius 3 is 2.21 bits per heavy atom. The van der Waals surface area contributed by atoms with Crippen LogP contribution in [0.3, 0.4) is 0 Å². The van der Waals surface area contributed by atoms with E-state index in [0.717, 1.165) is 0 Å². The van der Waals surface area contributed by atoms with E-state index in [-0.39, 0.29) is 18.6 Å². The van der Waals surface area contributed by atoms with E-state index in [4.69, 9.17) is 9.84 Å². The number of carboxylic acid groups (broad SMARTS) is 1. The number of hydrogen-bond donors (Lipinski definition) is 2. The zero-order chi connectivity index (χ0) is 15.3. The predicted molar refractivity (Wildman–Crippen MR) is 69.1 cm³/mol. The summed E-state index contributed by atoms with van der Waals surface area (Å²) in [4.78, 5) is 22.3. The summed E-state index contributed by atoms with van der Waals surface area (Å²) in [5.41, 5.74) is -0.654. The lowest BCUT2D eigenvalue weighted by Crippen LogP contribution is -2.42. The van der Waals surface area contributed by atoms with Crippen molar-refractivity contribution in [1.29, 1.82) is 0 Å². The molecule has 0 spiro atoms. The monoisotopic (exact) mass is 295 g/mol. The van der Waals surface area contributed by atoms with E-state index < -0.39 is 33.6 Å². The second kappa shape index (κ2) is 6.85. The lowest BCUT2D eigenvalue weighted by Gasteiger charge is -2.20. The third-order valence-corrected chi connectivity index (χ3v) is 3.46. The number of carbonyl (C=O) groups is 2. The second-order valence-electron chi connectivity index (χ2n) is 5.04. The highest BCUT2D eigenvalue weighted by atomic mass is 32.2. The van der Waals surface area contributed by atoms with Gasteiger partial charge in [0.2, 0.25) is 10.0 Å². The smallest absolute Gasteiger partial charge is 0.321 e. The molecule has 0 aromatic heterocycles. The van der Waals surface area contributed by atoms with Gasteiger partial charge in [-0.1, -0.05) is 0 Å². The van der Waals surface area contributed by atoms with Gasteiger partial charge in [-0.25, -0.2) is 13.1 Å². The molecule has 2 N–H and O–H groups in total. The number of nitrogens with one attached hydrogen (secondary N) is 1. The van der Waals surface area contributed by atoms with Gasteiger partial charge in [0.25, 0.3) is 0 Å². The van der Waals surface area contributed by atoms with Crippen LogP contribution in [0.2, 0.25) is 0 Å². The lowest BCUT2D eigenvalue weighted by atomic mass is 10.1. The molecule has 1 atom stereocenters. The third-order valence-electron chi connectivity index (χ3n) is 2.06. The van der Waals surface area contributed by atoms with E-state index in [2.05, 4.69) is 0 Å². The number of carboxylic acids is 1. The fourth-order valence-electron chi connectivity index (χ4n) is 1.19. The van der Waals surface area contributed by atoms with E-state index in [1.807, 2.05) is 4.72 Å². The summed E-state index contributed by atoms with van der Waals surface area (Å²) in [6.07, 6.45) is -0.316. The Labute approximate surface area is 113 Å². The topological polar surface area (TPSA) is 110 Å². The van der Waals surface area contributed by atoms with Crippen LogP contribution in [0.1, 0.15) is 40.5 Å². The second-order valence-corrected chi connectivity index (χ2v) is 7.08. The first kappa shape index (κ1) is 17.8. The molecule has 0 heterocycles. The summed E-state index contributed by atoms with van der Waals surface area (Å²) in [5.74, 6) is -2.10. The summed E-state index contributed by atoms with van der Waals surface area (Å²) in [6, 6.07) is -1.32. The molecule has 0 unspecified atom stereocenters. The number of hydrogen-bond acceptors (Lipinski definition) is 5. The van der Waals surface area contributed by atoms with Crippen molar-refractivity contribution in [2.24, 2.45) is 0 Å². The maximum Gasteiger partial charge on any atom is 0.321 e. The number of ether oxygens (including phenoxy) is 1. The minimum atomic E-state index is -3.63. The van der Waals surface area contributed by atoms with Crippen molar-refractivity contribution in [2.45, 2.75) is 52.2 Å². The highest BCUT2D eigenvalue weighted by Gasteiger charge is 2.25. The Balaban J connectivity index is 4.47. The average molecular weight is 295 g/mol. The standard InChI is InChI=1S/C11H21NO6S/c1-5-19(16,17)12-8(10(14)15)6-7-9(13)18-11(2,3)4/h8,12H,5-7H2,1-4H3,(H,14,15)/t8-/m1/s1. The van der Waals surface area contributed by atoms with Gasteiger partial charge in [0.15, 0.2) is 0 Å². The van der Waals surface area contributed by atoms with Crippen LogP contribution in [0.4, 0.5) is 0 Å². The molecule has 0 aliphatic heterocycles. The van der Waals surface area contributed by atoms with E-state index >= 15 is 0 Å². The van der Waals surface area contributed by atoms with Crippen molar-refractivity contribution in [3.63, 3.8) is 0 Å². The summed E-state index contributed by atoms with van der Waals surface area (Å²) in [6.45, 7) is 6.48. The van der Waals surface area contributed by atoms with Crippen LogP contribution in [-0.4, -0.2) is 42.9 Å². The first-order valence-electron chi connectivity index (χ1n) is 5.91. The molecule has 0 amide bonds. The van der Waals surface area contributed by atoms with Crippen molar-refractivity contribution in [3.05, 3.63) is 0 Å². The van der Waals surface area contributed by atoms with Crippen LogP contribution < -0.4 is 4.72 Å². The van der Waals surface area contributed by atoms with Gasteiger partial charge in [-0.2, -0.15) is 0 Å². The van der Waals surface area contributed by atoms with Crippen LogP contribution >= 0.6 is 0 Å². The summed E-state index contributed by atoms with van der Waals surface area (Å²) in [5, 5.41) is 8.90. The Kier molecular flexibility index (Phi) is 6.44. The highest BCUT2D eigenvalue weighted by Crippen LogP contribution is 2.10. The largest absolute Gasteiger partial charge is 0.480 e. The minimum Gasteiger partial charge on any atom is -0.480 e. The Hall–Kier alpha value is -1.15. The first-order chi connectivity index (χ1) is 8.47. The van der Waals surface area contributed by atoms with Crippen molar-refractivity contribution in [1.82, 2.24) is 4.72 Å². The molecule has 0 saturated carbocycles. The molecule has 0 aromatic carbocycles. The minimum absolute atomic E-state index is 0.149. The molecule has 0 aliphatic carbocycles. The number of sulfonamides is 1. The van der Waals surface area contributed by atoms with Gasteiger partial charge in [-0.15, -0.1) is 0 Å². The Bertz CT molecular complexity index is 423.